The van der Waals surface area contributed by atoms with E-state index >= 15 is 0 Å². The number of halogens is 1. The third kappa shape index (κ3) is 2.35. The molecule has 0 bridgehead atoms. The van der Waals surface area contributed by atoms with Gasteiger partial charge < -0.3 is 9.73 Å². The summed E-state index contributed by atoms with van der Waals surface area (Å²) in [5.74, 6) is 0.927. The molecule has 0 radical (unpaired) electrons. The molecular formula is C13H11ClN2OS. The van der Waals surface area contributed by atoms with E-state index < -0.39 is 0 Å². The van der Waals surface area contributed by atoms with Gasteiger partial charge in [0.05, 0.1) is 6.54 Å². The lowest BCUT2D eigenvalue weighted by Gasteiger charge is -2.03. The summed E-state index contributed by atoms with van der Waals surface area (Å²) in [5.41, 5.74) is 1.98. The molecule has 2 aromatic heterocycles. The third-order valence-corrected chi connectivity index (χ3v) is 3.75. The molecule has 3 rings (SSSR count). The Balaban J connectivity index is 1.78. The van der Waals surface area contributed by atoms with Crippen molar-refractivity contribution >= 4 is 39.6 Å². The maximum absolute atomic E-state index is 5.79. The fraction of sp³-hybridized carbons (Fsp3) is 0.154. The van der Waals surface area contributed by atoms with Crippen molar-refractivity contribution in [1.29, 1.82) is 0 Å². The molecule has 2 heterocycles. The Bertz CT molecular complexity index is 689. The van der Waals surface area contributed by atoms with Gasteiger partial charge in [0.25, 0.3) is 0 Å². The first-order chi connectivity index (χ1) is 8.70. The van der Waals surface area contributed by atoms with Crippen LogP contribution in [0.2, 0.25) is 4.47 Å². The van der Waals surface area contributed by atoms with Gasteiger partial charge in [-0.3, -0.25) is 0 Å². The van der Waals surface area contributed by atoms with Crippen molar-refractivity contribution < 1.29 is 4.42 Å². The van der Waals surface area contributed by atoms with Crippen molar-refractivity contribution in [3.8, 4) is 0 Å². The molecule has 0 aliphatic heterocycles. The molecule has 5 heteroatoms. The summed E-state index contributed by atoms with van der Waals surface area (Å²) in [6, 6.07) is 8.09. The Labute approximate surface area is 113 Å². The van der Waals surface area contributed by atoms with Crippen LogP contribution in [0.5, 0.6) is 0 Å². The second kappa shape index (κ2) is 4.63. The number of thiazole rings is 1. The number of hydrogen-bond donors (Lipinski definition) is 1. The Kier molecular flexibility index (Phi) is 2.97. The summed E-state index contributed by atoms with van der Waals surface area (Å²) < 4.78 is 6.11. The van der Waals surface area contributed by atoms with Crippen LogP contribution in [-0.2, 0) is 6.54 Å². The number of hydrogen-bond acceptors (Lipinski definition) is 4. The third-order valence-electron chi connectivity index (χ3n) is 2.63. The number of nitrogens with zero attached hydrogens (tertiary/aromatic N) is 1. The predicted molar refractivity (Wildman–Crippen MR) is 75.4 cm³/mol. The number of rotatable bonds is 3. The van der Waals surface area contributed by atoms with E-state index in [1.807, 2.05) is 25.1 Å². The molecule has 3 nitrogen and oxygen atoms in total. The highest BCUT2D eigenvalue weighted by Crippen LogP contribution is 2.24. The lowest BCUT2D eigenvalue weighted by Crippen LogP contribution is -1.96. The smallest absolute Gasteiger partial charge is 0.183 e. The van der Waals surface area contributed by atoms with Crippen LogP contribution in [0.25, 0.3) is 11.0 Å². The topological polar surface area (TPSA) is 38.1 Å². The molecule has 0 saturated heterocycles. The first-order valence-corrected chi connectivity index (χ1v) is 6.74. The van der Waals surface area contributed by atoms with Gasteiger partial charge in [0.15, 0.2) is 4.47 Å². The zero-order chi connectivity index (χ0) is 12.5. The van der Waals surface area contributed by atoms with E-state index in [0.29, 0.717) is 4.47 Å². The van der Waals surface area contributed by atoms with Crippen molar-refractivity contribution in [1.82, 2.24) is 4.98 Å². The van der Waals surface area contributed by atoms with Gasteiger partial charge in [-0.1, -0.05) is 11.6 Å². The second-order valence-electron chi connectivity index (χ2n) is 4.04. The molecule has 0 unspecified atom stereocenters. The largest absolute Gasteiger partial charge is 0.461 e. The summed E-state index contributed by atoms with van der Waals surface area (Å²) >= 11 is 7.28. The van der Waals surface area contributed by atoms with Crippen molar-refractivity contribution in [2.24, 2.45) is 0 Å². The quantitative estimate of drug-likeness (QED) is 0.768. The van der Waals surface area contributed by atoms with Crippen LogP contribution in [0.3, 0.4) is 0 Å². The minimum atomic E-state index is 0.577. The molecule has 1 aromatic carbocycles. The molecule has 0 saturated carbocycles. The number of anilines is 1. The Morgan fingerprint density at radius 2 is 2.28 bits per heavy atom. The van der Waals surface area contributed by atoms with Gasteiger partial charge in [-0.15, -0.1) is 11.3 Å². The highest BCUT2D eigenvalue weighted by atomic mass is 35.5. The van der Waals surface area contributed by atoms with E-state index in [4.69, 9.17) is 16.0 Å². The Morgan fingerprint density at radius 3 is 3.06 bits per heavy atom. The van der Waals surface area contributed by atoms with Crippen molar-refractivity contribution in [3.63, 3.8) is 0 Å². The van der Waals surface area contributed by atoms with Crippen LogP contribution in [0.4, 0.5) is 5.69 Å². The Hall–Kier alpha value is -1.52. The molecule has 1 N–H and O–H groups in total. The van der Waals surface area contributed by atoms with Crippen LogP contribution in [0.1, 0.15) is 10.6 Å². The molecule has 18 heavy (non-hydrogen) atoms. The van der Waals surface area contributed by atoms with Crippen LogP contribution in [-0.4, -0.2) is 4.98 Å². The van der Waals surface area contributed by atoms with Gasteiger partial charge >= 0.3 is 0 Å². The van der Waals surface area contributed by atoms with E-state index in [0.717, 1.165) is 33.8 Å². The van der Waals surface area contributed by atoms with E-state index in [1.54, 1.807) is 6.20 Å². The number of aryl methyl sites for hydroxylation is 1. The molecule has 0 amide bonds. The van der Waals surface area contributed by atoms with E-state index in [9.17, 15) is 0 Å². The number of aromatic nitrogens is 1. The van der Waals surface area contributed by atoms with Gasteiger partial charge in [-0.05, 0) is 31.2 Å². The van der Waals surface area contributed by atoms with Gasteiger partial charge in [0.1, 0.15) is 11.3 Å². The summed E-state index contributed by atoms with van der Waals surface area (Å²) in [5, 5.41) is 4.46. The van der Waals surface area contributed by atoms with Gasteiger partial charge in [0, 0.05) is 22.1 Å². The lowest BCUT2D eigenvalue weighted by atomic mass is 10.2. The van der Waals surface area contributed by atoms with Crippen LogP contribution >= 0.6 is 22.9 Å². The maximum Gasteiger partial charge on any atom is 0.183 e. The first-order valence-electron chi connectivity index (χ1n) is 5.55. The fourth-order valence-electron chi connectivity index (χ4n) is 1.84. The highest BCUT2D eigenvalue weighted by molar-refractivity contribution is 7.15. The number of fused-ring (bicyclic) bond motifs is 1. The van der Waals surface area contributed by atoms with Gasteiger partial charge in [0.2, 0.25) is 0 Å². The minimum Gasteiger partial charge on any atom is -0.461 e. The average molecular weight is 279 g/mol. The lowest BCUT2D eigenvalue weighted by molar-refractivity contribution is 0.578. The predicted octanol–water partition coefficient (Wildman–Crippen LogP) is 4.46. The van der Waals surface area contributed by atoms with Crippen LogP contribution in [0.15, 0.2) is 34.9 Å². The van der Waals surface area contributed by atoms with Gasteiger partial charge in [-0.25, -0.2) is 4.98 Å². The van der Waals surface area contributed by atoms with Gasteiger partial charge in [-0.2, -0.15) is 0 Å². The summed E-state index contributed by atoms with van der Waals surface area (Å²) in [7, 11) is 0. The van der Waals surface area contributed by atoms with E-state index in [-0.39, 0.29) is 0 Å². The molecule has 92 valence electrons. The zero-order valence-electron chi connectivity index (χ0n) is 9.74. The summed E-state index contributed by atoms with van der Waals surface area (Å²) in [4.78, 5) is 5.13. The monoisotopic (exact) mass is 278 g/mol. The summed E-state index contributed by atoms with van der Waals surface area (Å²) in [6.45, 7) is 2.68. The maximum atomic E-state index is 5.79. The van der Waals surface area contributed by atoms with Crippen LogP contribution < -0.4 is 5.32 Å². The highest BCUT2D eigenvalue weighted by Gasteiger charge is 2.03. The van der Waals surface area contributed by atoms with Crippen molar-refractivity contribution in [3.05, 3.63) is 45.6 Å². The number of nitrogens with one attached hydrogen (secondary N) is 1. The Morgan fingerprint density at radius 1 is 1.39 bits per heavy atom. The molecule has 0 aliphatic carbocycles. The molecule has 3 aromatic rings. The first kappa shape index (κ1) is 11.6. The number of furan rings is 1. The van der Waals surface area contributed by atoms with Crippen molar-refractivity contribution in [2.75, 3.05) is 5.32 Å². The molecular weight excluding hydrogens is 268 g/mol. The molecule has 0 aliphatic rings. The summed E-state index contributed by atoms with van der Waals surface area (Å²) in [6.07, 6.45) is 1.79. The molecule has 0 fully saturated rings. The minimum absolute atomic E-state index is 0.577. The van der Waals surface area contributed by atoms with E-state index in [1.165, 1.54) is 11.3 Å². The average Bonchev–Trinajstić information content (AvgIpc) is 2.90. The SMILES string of the molecule is Cc1cc2cc(NCc3cnc(Cl)s3)ccc2o1. The normalized spacial score (nSPS) is 11.0. The second-order valence-corrected chi connectivity index (χ2v) is 5.74. The van der Waals surface area contributed by atoms with Crippen LogP contribution in [0, 0.1) is 6.92 Å². The van der Waals surface area contributed by atoms with E-state index in [2.05, 4.69) is 16.4 Å². The molecule has 0 atom stereocenters. The number of benzene rings is 1. The standard InChI is InChI=1S/C13H11ClN2OS/c1-8-4-9-5-10(2-3-12(9)17-8)15-6-11-7-16-13(14)18-11/h2-5,7,15H,6H2,1H3. The van der Waals surface area contributed by atoms with Crippen molar-refractivity contribution in [2.45, 2.75) is 13.5 Å². The zero-order valence-corrected chi connectivity index (χ0v) is 11.3. The fourth-order valence-corrected chi connectivity index (χ4v) is 2.76. The molecule has 0 spiro atoms.